The number of aromatic nitrogens is 1. The molecule has 1 N–H and O–H groups in total. The second kappa shape index (κ2) is 10.7. The predicted molar refractivity (Wildman–Crippen MR) is 149 cm³/mol. The van der Waals surface area contributed by atoms with Crippen LogP contribution in [0, 0.1) is 18.4 Å². The number of fused-ring (bicyclic) bond motifs is 1. The number of nitrogens with one attached hydrogen (secondary N) is 1. The summed E-state index contributed by atoms with van der Waals surface area (Å²) in [5.41, 5.74) is 7.52. The van der Waals surface area contributed by atoms with E-state index in [-0.39, 0.29) is 0 Å². The molecule has 0 amide bonds. The Morgan fingerprint density at radius 1 is 1.06 bits per heavy atom. The Bertz CT molecular complexity index is 1330. The standard InChI is InChI=1S/C29H38N2O2SSi/c1-5-35(6-2,7-3)20-18-24-12-17-29-28(21-24)25(13-14-26-9-8-19-30-26)22-31(29)34(32,33)27-15-10-23(4)11-16-27/h10-12,15-17,21-22,26,30H,5-9,13-14,19H2,1-4H3. The van der Waals surface area contributed by atoms with E-state index in [4.69, 9.17) is 0 Å². The minimum atomic E-state index is -3.69. The molecule has 4 nitrogen and oxygen atoms in total. The molecule has 2 heterocycles. The molecular formula is C29H38N2O2SSi. The first kappa shape index (κ1) is 25.8. The van der Waals surface area contributed by atoms with Crippen LogP contribution in [0.2, 0.25) is 18.1 Å². The van der Waals surface area contributed by atoms with Crippen molar-refractivity contribution in [2.24, 2.45) is 0 Å². The first-order chi connectivity index (χ1) is 16.8. The van der Waals surface area contributed by atoms with E-state index < -0.39 is 18.1 Å². The zero-order chi connectivity index (χ0) is 25.1. The van der Waals surface area contributed by atoms with Gasteiger partial charge in [0.15, 0.2) is 0 Å². The Balaban J connectivity index is 1.78. The van der Waals surface area contributed by atoms with Crippen molar-refractivity contribution < 1.29 is 8.42 Å². The second-order valence-corrected chi connectivity index (χ2v) is 16.7. The maximum absolute atomic E-state index is 13.6. The molecule has 1 unspecified atom stereocenters. The third-order valence-electron chi connectivity index (χ3n) is 7.86. The summed E-state index contributed by atoms with van der Waals surface area (Å²) in [7, 11) is -5.25. The van der Waals surface area contributed by atoms with E-state index in [0.29, 0.717) is 10.9 Å². The Kier molecular flexibility index (Phi) is 7.90. The molecule has 0 radical (unpaired) electrons. The van der Waals surface area contributed by atoms with E-state index in [1.807, 2.05) is 37.4 Å². The van der Waals surface area contributed by atoms with Gasteiger partial charge in [0.1, 0.15) is 8.07 Å². The summed E-state index contributed by atoms with van der Waals surface area (Å²) in [6, 6.07) is 17.1. The van der Waals surface area contributed by atoms with Gasteiger partial charge in [-0.2, -0.15) is 0 Å². The quantitative estimate of drug-likeness (QED) is 0.289. The maximum Gasteiger partial charge on any atom is 0.268 e. The number of aryl methyl sites for hydroxylation is 2. The van der Waals surface area contributed by atoms with Gasteiger partial charge in [-0.05, 0) is 93.2 Å². The molecular weight excluding hydrogens is 468 g/mol. The van der Waals surface area contributed by atoms with Crippen molar-refractivity contribution in [1.29, 1.82) is 0 Å². The van der Waals surface area contributed by atoms with Crippen molar-refractivity contribution in [2.75, 3.05) is 6.54 Å². The number of hydrogen-bond donors (Lipinski definition) is 1. The summed E-state index contributed by atoms with van der Waals surface area (Å²) >= 11 is 0. The van der Waals surface area contributed by atoms with Gasteiger partial charge >= 0.3 is 0 Å². The minimum absolute atomic E-state index is 0.317. The predicted octanol–water partition coefficient (Wildman–Crippen LogP) is 6.27. The summed E-state index contributed by atoms with van der Waals surface area (Å²) < 4.78 is 28.7. The molecule has 3 aromatic rings. The first-order valence-electron chi connectivity index (χ1n) is 13.0. The van der Waals surface area contributed by atoms with Crippen LogP contribution in [0.4, 0.5) is 0 Å². The second-order valence-electron chi connectivity index (χ2n) is 9.92. The van der Waals surface area contributed by atoms with Crippen LogP contribution in [0.3, 0.4) is 0 Å². The van der Waals surface area contributed by atoms with Crippen molar-refractivity contribution in [2.45, 2.75) is 82.4 Å². The van der Waals surface area contributed by atoms with Crippen molar-refractivity contribution in [3.05, 3.63) is 65.4 Å². The topological polar surface area (TPSA) is 51.1 Å². The minimum Gasteiger partial charge on any atom is -0.314 e. The van der Waals surface area contributed by atoms with Crippen molar-refractivity contribution >= 4 is 29.0 Å². The summed E-state index contributed by atoms with van der Waals surface area (Å²) in [4.78, 5) is 0.317. The van der Waals surface area contributed by atoms with E-state index in [1.54, 1.807) is 12.1 Å². The normalized spacial score (nSPS) is 16.4. The highest BCUT2D eigenvalue weighted by Gasteiger charge is 2.25. The van der Waals surface area contributed by atoms with Crippen molar-refractivity contribution in [3.8, 4) is 11.5 Å². The van der Waals surface area contributed by atoms with Gasteiger partial charge in [-0.25, -0.2) is 12.4 Å². The molecule has 4 rings (SSSR count). The Morgan fingerprint density at radius 3 is 2.40 bits per heavy atom. The molecule has 1 saturated heterocycles. The lowest BCUT2D eigenvalue weighted by Crippen LogP contribution is -2.29. The third kappa shape index (κ3) is 5.43. The molecule has 2 aromatic carbocycles. The maximum atomic E-state index is 13.6. The molecule has 0 saturated carbocycles. The zero-order valence-corrected chi connectivity index (χ0v) is 23.3. The average Bonchev–Trinajstić information content (AvgIpc) is 3.52. The first-order valence-corrected chi connectivity index (χ1v) is 17.1. The lowest BCUT2D eigenvalue weighted by molar-refractivity contribution is 0.560. The van der Waals surface area contributed by atoms with Gasteiger partial charge in [-0.15, -0.1) is 5.54 Å². The number of rotatable bonds is 8. The number of benzene rings is 2. The fraction of sp³-hybridized carbons (Fsp3) is 0.448. The summed E-state index contributed by atoms with van der Waals surface area (Å²) in [5.74, 6) is 3.48. The van der Waals surface area contributed by atoms with Crippen LogP contribution in [-0.2, 0) is 16.4 Å². The molecule has 1 fully saturated rings. The Morgan fingerprint density at radius 2 is 1.77 bits per heavy atom. The highest BCUT2D eigenvalue weighted by molar-refractivity contribution is 7.90. The van der Waals surface area contributed by atoms with Crippen LogP contribution in [0.15, 0.2) is 53.6 Å². The average molecular weight is 507 g/mol. The molecule has 0 aliphatic carbocycles. The molecule has 1 atom stereocenters. The van der Waals surface area contributed by atoms with E-state index in [2.05, 4.69) is 43.6 Å². The van der Waals surface area contributed by atoms with Crippen molar-refractivity contribution in [3.63, 3.8) is 0 Å². The van der Waals surface area contributed by atoms with E-state index in [0.717, 1.165) is 47.0 Å². The van der Waals surface area contributed by atoms with Gasteiger partial charge in [-0.1, -0.05) is 44.4 Å². The Labute approximate surface area is 212 Å². The van der Waals surface area contributed by atoms with Gasteiger partial charge in [0.25, 0.3) is 10.0 Å². The van der Waals surface area contributed by atoms with Crippen LogP contribution in [0.1, 0.15) is 56.7 Å². The van der Waals surface area contributed by atoms with E-state index in [9.17, 15) is 8.42 Å². The molecule has 1 aliphatic rings. The van der Waals surface area contributed by atoms with Gasteiger partial charge in [0, 0.05) is 23.2 Å². The zero-order valence-electron chi connectivity index (χ0n) is 21.5. The number of nitrogens with zero attached hydrogens (tertiary/aromatic N) is 1. The van der Waals surface area contributed by atoms with Gasteiger partial charge < -0.3 is 5.32 Å². The fourth-order valence-corrected chi connectivity index (χ4v) is 8.95. The lowest BCUT2D eigenvalue weighted by atomic mass is 10.0. The summed E-state index contributed by atoms with van der Waals surface area (Å²) in [6.07, 6.45) is 6.10. The third-order valence-corrected chi connectivity index (χ3v) is 14.3. The van der Waals surface area contributed by atoms with Gasteiger partial charge in [0.05, 0.1) is 10.4 Å². The van der Waals surface area contributed by atoms with Gasteiger partial charge in [0.2, 0.25) is 0 Å². The molecule has 1 aliphatic heterocycles. The van der Waals surface area contributed by atoms with Crippen LogP contribution in [0.25, 0.3) is 10.9 Å². The lowest BCUT2D eigenvalue weighted by Gasteiger charge is -2.20. The van der Waals surface area contributed by atoms with Crippen LogP contribution >= 0.6 is 0 Å². The highest BCUT2D eigenvalue weighted by atomic mass is 32.2. The van der Waals surface area contributed by atoms with Gasteiger partial charge in [-0.3, -0.25) is 0 Å². The van der Waals surface area contributed by atoms with Crippen molar-refractivity contribution in [1.82, 2.24) is 9.29 Å². The van der Waals surface area contributed by atoms with E-state index in [1.165, 1.54) is 34.9 Å². The van der Waals surface area contributed by atoms with E-state index >= 15 is 0 Å². The largest absolute Gasteiger partial charge is 0.314 e. The van der Waals surface area contributed by atoms with Crippen LogP contribution in [-0.4, -0.2) is 33.1 Å². The molecule has 6 heteroatoms. The molecule has 0 spiro atoms. The molecule has 1 aromatic heterocycles. The highest BCUT2D eigenvalue weighted by Crippen LogP contribution is 2.29. The fourth-order valence-electron chi connectivity index (χ4n) is 5.12. The molecule has 35 heavy (non-hydrogen) atoms. The summed E-state index contributed by atoms with van der Waals surface area (Å²) in [5, 5.41) is 4.57. The van der Waals surface area contributed by atoms with Crippen LogP contribution in [0.5, 0.6) is 0 Å². The van der Waals surface area contributed by atoms with Crippen LogP contribution < -0.4 is 5.32 Å². The summed E-state index contributed by atoms with van der Waals surface area (Å²) in [6.45, 7) is 9.84. The number of hydrogen-bond acceptors (Lipinski definition) is 3. The smallest absolute Gasteiger partial charge is 0.268 e. The molecule has 186 valence electrons. The monoisotopic (exact) mass is 506 g/mol. The SMILES string of the molecule is CC[Si](C#Cc1ccc2c(c1)c(CCC1CCCN1)cn2S(=O)(=O)c1ccc(C)cc1)(CC)CC. The Hall–Kier alpha value is -2.33. The molecule has 0 bridgehead atoms.